The van der Waals surface area contributed by atoms with Crippen molar-refractivity contribution in [3.8, 4) is 0 Å². The second kappa shape index (κ2) is 11.7. The van der Waals surface area contributed by atoms with Crippen LogP contribution in [0.4, 0.5) is 4.39 Å². The van der Waals surface area contributed by atoms with Crippen molar-refractivity contribution in [1.29, 1.82) is 0 Å². The molecule has 6 heteroatoms. The van der Waals surface area contributed by atoms with Crippen LogP contribution in [0, 0.1) is 5.82 Å². The molecule has 1 fully saturated rings. The van der Waals surface area contributed by atoms with Crippen LogP contribution in [0.1, 0.15) is 38.7 Å². The van der Waals surface area contributed by atoms with Crippen LogP contribution in [0.2, 0.25) is 0 Å². The summed E-state index contributed by atoms with van der Waals surface area (Å²) in [5, 5.41) is 6.89. The van der Waals surface area contributed by atoms with Crippen LogP contribution in [0.25, 0.3) is 0 Å². The van der Waals surface area contributed by atoms with Gasteiger partial charge in [0.2, 0.25) is 0 Å². The van der Waals surface area contributed by atoms with Gasteiger partial charge < -0.3 is 15.5 Å². The minimum atomic E-state index is -0.161. The predicted octanol–water partition coefficient (Wildman–Crippen LogP) is 3.41. The normalized spacial score (nSPS) is 16.6. The standard InChI is InChI=1S/C19H31FN4.HI/c1-15(2)24-12-9-18(10-13-24)23-19(21-3)22-11-5-7-16-6-4-8-17(20)14-16;/h4,6,8,14-15,18H,5,7,9-13H2,1-3H3,(H2,21,22,23);1H. The summed E-state index contributed by atoms with van der Waals surface area (Å²) in [4.78, 5) is 6.84. The highest BCUT2D eigenvalue weighted by Crippen LogP contribution is 2.12. The van der Waals surface area contributed by atoms with Gasteiger partial charge in [-0.2, -0.15) is 0 Å². The van der Waals surface area contributed by atoms with Gasteiger partial charge in [0.15, 0.2) is 5.96 Å². The van der Waals surface area contributed by atoms with Gasteiger partial charge in [-0.25, -0.2) is 4.39 Å². The van der Waals surface area contributed by atoms with Gasteiger partial charge >= 0.3 is 0 Å². The van der Waals surface area contributed by atoms with Crippen molar-refractivity contribution in [1.82, 2.24) is 15.5 Å². The van der Waals surface area contributed by atoms with E-state index in [4.69, 9.17) is 0 Å². The summed E-state index contributed by atoms with van der Waals surface area (Å²) >= 11 is 0. The Morgan fingerprint density at radius 1 is 1.32 bits per heavy atom. The third kappa shape index (κ3) is 7.90. The molecular formula is C19H32FIN4. The minimum absolute atomic E-state index is 0. The maximum atomic E-state index is 13.1. The van der Waals surface area contributed by atoms with Gasteiger partial charge in [0.1, 0.15) is 5.82 Å². The Kier molecular flexibility index (Phi) is 10.3. The van der Waals surface area contributed by atoms with E-state index in [2.05, 4.69) is 34.4 Å². The number of piperidine rings is 1. The van der Waals surface area contributed by atoms with Crippen LogP contribution < -0.4 is 10.6 Å². The van der Waals surface area contributed by atoms with Crippen molar-refractivity contribution in [3.05, 3.63) is 35.6 Å². The number of likely N-dealkylation sites (tertiary alicyclic amines) is 1. The van der Waals surface area contributed by atoms with E-state index in [0.717, 1.165) is 56.8 Å². The van der Waals surface area contributed by atoms with Gasteiger partial charge in [-0.1, -0.05) is 12.1 Å². The number of hydrogen-bond donors (Lipinski definition) is 2. The number of guanidine groups is 1. The van der Waals surface area contributed by atoms with Crippen molar-refractivity contribution in [3.63, 3.8) is 0 Å². The molecule has 2 rings (SSSR count). The van der Waals surface area contributed by atoms with Crippen LogP contribution in [-0.4, -0.2) is 49.6 Å². The first-order valence-corrected chi connectivity index (χ1v) is 9.04. The van der Waals surface area contributed by atoms with Crippen molar-refractivity contribution in [2.45, 2.75) is 51.6 Å². The largest absolute Gasteiger partial charge is 0.356 e. The third-order valence-electron chi connectivity index (χ3n) is 4.65. The maximum Gasteiger partial charge on any atom is 0.191 e. The highest BCUT2D eigenvalue weighted by molar-refractivity contribution is 14.0. The molecule has 0 atom stereocenters. The number of nitrogens with one attached hydrogen (secondary N) is 2. The van der Waals surface area contributed by atoms with E-state index in [1.807, 2.05) is 13.1 Å². The van der Waals surface area contributed by atoms with E-state index in [9.17, 15) is 4.39 Å². The fourth-order valence-corrected chi connectivity index (χ4v) is 3.14. The van der Waals surface area contributed by atoms with E-state index in [0.29, 0.717) is 12.1 Å². The first-order chi connectivity index (χ1) is 11.6. The molecule has 0 amide bonds. The summed E-state index contributed by atoms with van der Waals surface area (Å²) in [6.07, 6.45) is 4.13. The Balaban J connectivity index is 0.00000312. The molecule has 0 unspecified atom stereocenters. The molecule has 0 aliphatic carbocycles. The Bertz CT molecular complexity index is 528. The fraction of sp³-hybridized carbons (Fsp3) is 0.632. The van der Waals surface area contributed by atoms with Crippen LogP contribution in [0.5, 0.6) is 0 Å². The first-order valence-electron chi connectivity index (χ1n) is 9.04. The minimum Gasteiger partial charge on any atom is -0.356 e. The zero-order chi connectivity index (χ0) is 17.4. The average molecular weight is 462 g/mol. The number of halogens is 2. The molecule has 1 aliphatic rings. The summed E-state index contributed by atoms with van der Waals surface area (Å²) in [6.45, 7) is 7.64. The van der Waals surface area contributed by atoms with Gasteiger partial charge in [-0.05, 0) is 57.2 Å². The number of benzene rings is 1. The fourth-order valence-electron chi connectivity index (χ4n) is 3.14. The van der Waals surface area contributed by atoms with Crippen molar-refractivity contribution in [2.75, 3.05) is 26.7 Å². The molecule has 1 aromatic rings. The monoisotopic (exact) mass is 462 g/mol. The first kappa shape index (κ1) is 22.2. The Morgan fingerprint density at radius 2 is 2.04 bits per heavy atom. The smallest absolute Gasteiger partial charge is 0.191 e. The van der Waals surface area contributed by atoms with Crippen LogP contribution in [0.15, 0.2) is 29.3 Å². The SMILES string of the molecule is CN=C(NCCCc1cccc(F)c1)NC1CCN(C(C)C)CC1.I. The topological polar surface area (TPSA) is 39.7 Å². The molecule has 1 saturated heterocycles. The lowest BCUT2D eigenvalue weighted by Crippen LogP contribution is -2.50. The summed E-state index contributed by atoms with van der Waals surface area (Å²) in [5.41, 5.74) is 1.04. The lowest BCUT2D eigenvalue weighted by molar-refractivity contribution is 0.167. The lowest BCUT2D eigenvalue weighted by atomic mass is 10.0. The van der Waals surface area contributed by atoms with Crippen LogP contribution in [0.3, 0.4) is 0 Å². The molecule has 0 bridgehead atoms. The zero-order valence-electron chi connectivity index (χ0n) is 15.6. The predicted molar refractivity (Wildman–Crippen MR) is 114 cm³/mol. The van der Waals surface area contributed by atoms with Gasteiger partial charge in [0.25, 0.3) is 0 Å². The quantitative estimate of drug-likeness (QED) is 0.295. The van der Waals surface area contributed by atoms with E-state index in [-0.39, 0.29) is 29.8 Å². The average Bonchev–Trinajstić information content (AvgIpc) is 2.58. The molecule has 0 aromatic heterocycles. The molecule has 0 radical (unpaired) electrons. The Labute approximate surface area is 168 Å². The highest BCUT2D eigenvalue weighted by atomic mass is 127. The molecule has 142 valence electrons. The summed E-state index contributed by atoms with van der Waals surface area (Å²) in [7, 11) is 1.81. The summed E-state index contributed by atoms with van der Waals surface area (Å²) < 4.78 is 13.1. The number of rotatable bonds is 6. The van der Waals surface area contributed by atoms with Gasteiger partial charge in [0.05, 0.1) is 0 Å². The second-order valence-corrected chi connectivity index (χ2v) is 6.78. The maximum absolute atomic E-state index is 13.1. The van der Waals surface area contributed by atoms with E-state index in [1.165, 1.54) is 6.07 Å². The Morgan fingerprint density at radius 3 is 2.64 bits per heavy atom. The number of aryl methyl sites for hydroxylation is 1. The molecular weight excluding hydrogens is 430 g/mol. The molecule has 2 N–H and O–H groups in total. The van der Waals surface area contributed by atoms with Crippen molar-refractivity contribution in [2.24, 2.45) is 4.99 Å². The second-order valence-electron chi connectivity index (χ2n) is 6.78. The van der Waals surface area contributed by atoms with E-state index in [1.54, 1.807) is 12.1 Å². The lowest BCUT2D eigenvalue weighted by Gasteiger charge is -2.35. The molecule has 1 aromatic carbocycles. The van der Waals surface area contributed by atoms with E-state index < -0.39 is 0 Å². The number of nitrogens with zero attached hydrogens (tertiary/aromatic N) is 2. The third-order valence-corrected chi connectivity index (χ3v) is 4.65. The zero-order valence-corrected chi connectivity index (χ0v) is 17.9. The molecule has 0 saturated carbocycles. The van der Waals surface area contributed by atoms with Gasteiger partial charge in [-0.3, -0.25) is 4.99 Å². The van der Waals surface area contributed by atoms with Crippen LogP contribution >= 0.6 is 24.0 Å². The van der Waals surface area contributed by atoms with Crippen molar-refractivity contribution >= 4 is 29.9 Å². The Hall–Kier alpha value is -0.890. The van der Waals surface area contributed by atoms with Crippen molar-refractivity contribution < 1.29 is 4.39 Å². The summed E-state index contributed by atoms with van der Waals surface area (Å²) in [6, 6.07) is 7.95. The molecule has 25 heavy (non-hydrogen) atoms. The van der Waals surface area contributed by atoms with E-state index >= 15 is 0 Å². The van der Waals surface area contributed by atoms with Gasteiger partial charge in [-0.15, -0.1) is 24.0 Å². The van der Waals surface area contributed by atoms with Crippen LogP contribution in [-0.2, 0) is 6.42 Å². The summed E-state index contributed by atoms with van der Waals surface area (Å²) in [5.74, 6) is 0.711. The molecule has 1 heterocycles. The molecule has 4 nitrogen and oxygen atoms in total. The highest BCUT2D eigenvalue weighted by Gasteiger charge is 2.21. The number of aliphatic imine (C=N–C) groups is 1. The number of hydrogen-bond acceptors (Lipinski definition) is 2. The molecule has 1 aliphatic heterocycles. The molecule has 0 spiro atoms. The van der Waals surface area contributed by atoms with Gasteiger partial charge in [0, 0.05) is 38.8 Å².